The highest BCUT2D eigenvalue weighted by molar-refractivity contribution is 5.83. The number of aliphatic imine (C=N–C) groups is 1. The number of benzene rings is 1. The zero-order chi connectivity index (χ0) is 9.84. The first-order valence-electron chi connectivity index (χ1n) is 4.42. The van der Waals surface area contributed by atoms with Crippen molar-refractivity contribution in [1.82, 2.24) is 0 Å². The van der Waals surface area contributed by atoms with E-state index < -0.39 is 0 Å². The standard InChI is InChI=1S/C11H15NO/c1-8(2)12-7-10-5-4-9(3)6-11(10)13/h4-8,13H,1-3H3. The maximum absolute atomic E-state index is 9.51. The maximum Gasteiger partial charge on any atom is 0.124 e. The lowest BCUT2D eigenvalue weighted by Crippen LogP contribution is -1.91. The van der Waals surface area contributed by atoms with Crippen LogP contribution in [0.25, 0.3) is 0 Å². The third-order valence-corrected chi connectivity index (χ3v) is 1.70. The Kier molecular flexibility index (Phi) is 3.07. The summed E-state index contributed by atoms with van der Waals surface area (Å²) in [4.78, 5) is 4.20. The van der Waals surface area contributed by atoms with Crippen LogP contribution in [0.3, 0.4) is 0 Å². The number of hydrogen-bond acceptors (Lipinski definition) is 2. The van der Waals surface area contributed by atoms with E-state index in [9.17, 15) is 5.11 Å². The van der Waals surface area contributed by atoms with E-state index in [-0.39, 0.29) is 6.04 Å². The molecule has 0 aliphatic rings. The van der Waals surface area contributed by atoms with Gasteiger partial charge in [-0.05, 0) is 38.5 Å². The van der Waals surface area contributed by atoms with Crippen LogP contribution in [-0.4, -0.2) is 17.4 Å². The second kappa shape index (κ2) is 4.08. The smallest absolute Gasteiger partial charge is 0.124 e. The van der Waals surface area contributed by atoms with Gasteiger partial charge < -0.3 is 5.11 Å². The second-order valence-corrected chi connectivity index (χ2v) is 3.43. The Balaban J connectivity index is 2.90. The molecular weight excluding hydrogens is 162 g/mol. The fraction of sp³-hybridized carbons (Fsp3) is 0.364. The molecule has 0 bridgehead atoms. The Morgan fingerprint density at radius 2 is 2.08 bits per heavy atom. The van der Waals surface area contributed by atoms with Gasteiger partial charge in [0.15, 0.2) is 0 Å². The number of hydrogen-bond donors (Lipinski definition) is 1. The van der Waals surface area contributed by atoms with Crippen molar-refractivity contribution in [3.63, 3.8) is 0 Å². The summed E-state index contributed by atoms with van der Waals surface area (Å²) in [5.74, 6) is 0.296. The Morgan fingerprint density at radius 3 is 2.62 bits per heavy atom. The second-order valence-electron chi connectivity index (χ2n) is 3.43. The van der Waals surface area contributed by atoms with Crippen LogP contribution in [0.4, 0.5) is 0 Å². The van der Waals surface area contributed by atoms with Gasteiger partial charge in [-0.2, -0.15) is 0 Å². The average molecular weight is 177 g/mol. The predicted octanol–water partition coefficient (Wildman–Crippen LogP) is 2.53. The Labute approximate surface area is 78.9 Å². The van der Waals surface area contributed by atoms with Gasteiger partial charge in [0.05, 0.1) is 0 Å². The fourth-order valence-corrected chi connectivity index (χ4v) is 0.992. The van der Waals surface area contributed by atoms with Crippen molar-refractivity contribution in [3.05, 3.63) is 29.3 Å². The minimum absolute atomic E-state index is 0.265. The highest BCUT2D eigenvalue weighted by atomic mass is 16.3. The molecule has 0 amide bonds. The molecule has 0 fully saturated rings. The van der Waals surface area contributed by atoms with Gasteiger partial charge in [0, 0.05) is 17.8 Å². The average Bonchev–Trinajstić information content (AvgIpc) is 2.02. The van der Waals surface area contributed by atoms with Crippen LogP contribution in [0.5, 0.6) is 5.75 Å². The molecule has 0 heterocycles. The number of aryl methyl sites for hydroxylation is 1. The fourth-order valence-electron chi connectivity index (χ4n) is 0.992. The van der Waals surface area contributed by atoms with Crippen LogP contribution in [-0.2, 0) is 0 Å². The molecule has 1 rings (SSSR count). The lowest BCUT2D eigenvalue weighted by molar-refractivity contribution is 0.474. The molecule has 0 aliphatic carbocycles. The zero-order valence-corrected chi connectivity index (χ0v) is 8.28. The summed E-state index contributed by atoms with van der Waals surface area (Å²) in [5.41, 5.74) is 1.83. The van der Waals surface area contributed by atoms with Crippen LogP contribution >= 0.6 is 0 Å². The van der Waals surface area contributed by atoms with Crippen LogP contribution in [0.1, 0.15) is 25.0 Å². The van der Waals surface area contributed by atoms with Gasteiger partial charge in [0.25, 0.3) is 0 Å². The molecule has 0 spiro atoms. The molecule has 1 N–H and O–H groups in total. The molecule has 0 radical (unpaired) electrons. The first-order chi connectivity index (χ1) is 6.09. The lowest BCUT2D eigenvalue weighted by Gasteiger charge is -2.00. The van der Waals surface area contributed by atoms with Gasteiger partial charge in [-0.25, -0.2) is 0 Å². The molecule has 0 saturated heterocycles. The van der Waals surface area contributed by atoms with Crippen LogP contribution < -0.4 is 0 Å². The van der Waals surface area contributed by atoms with E-state index in [0.717, 1.165) is 11.1 Å². The summed E-state index contributed by atoms with van der Waals surface area (Å²) < 4.78 is 0. The molecule has 1 aromatic carbocycles. The Bertz CT molecular complexity index is 316. The highest BCUT2D eigenvalue weighted by Gasteiger charge is 1.97. The largest absolute Gasteiger partial charge is 0.507 e. The minimum atomic E-state index is 0.265. The van der Waals surface area contributed by atoms with Crippen LogP contribution in [0.15, 0.2) is 23.2 Å². The number of phenolic OH excluding ortho intramolecular Hbond substituents is 1. The molecule has 2 heteroatoms. The molecule has 70 valence electrons. The summed E-state index contributed by atoms with van der Waals surface area (Å²) in [6, 6.07) is 5.83. The third kappa shape index (κ3) is 2.90. The summed E-state index contributed by atoms with van der Waals surface area (Å²) >= 11 is 0. The molecule has 13 heavy (non-hydrogen) atoms. The van der Waals surface area contributed by atoms with Crippen molar-refractivity contribution in [1.29, 1.82) is 0 Å². The van der Waals surface area contributed by atoms with E-state index in [0.29, 0.717) is 5.75 Å². The van der Waals surface area contributed by atoms with Gasteiger partial charge in [-0.3, -0.25) is 4.99 Å². The molecule has 2 nitrogen and oxygen atoms in total. The van der Waals surface area contributed by atoms with Gasteiger partial charge in [0.2, 0.25) is 0 Å². The molecule has 0 unspecified atom stereocenters. The van der Waals surface area contributed by atoms with Crippen molar-refractivity contribution in [2.45, 2.75) is 26.8 Å². The first kappa shape index (κ1) is 9.78. The minimum Gasteiger partial charge on any atom is -0.507 e. The van der Waals surface area contributed by atoms with Gasteiger partial charge in [0.1, 0.15) is 5.75 Å². The Hall–Kier alpha value is -1.31. The van der Waals surface area contributed by atoms with Crippen molar-refractivity contribution in [3.8, 4) is 5.75 Å². The lowest BCUT2D eigenvalue weighted by atomic mass is 10.1. The van der Waals surface area contributed by atoms with E-state index in [1.54, 1.807) is 12.3 Å². The van der Waals surface area contributed by atoms with Crippen LogP contribution in [0, 0.1) is 6.92 Å². The van der Waals surface area contributed by atoms with Gasteiger partial charge >= 0.3 is 0 Å². The zero-order valence-electron chi connectivity index (χ0n) is 8.28. The number of nitrogens with zero attached hydrogens (tertiary/aromatic N) is 1. The predicted molar refractivity (Wildman–Crippen MR) is 55.6 cm³/mol. The summed E-state index contributed by atoms with van der Waals surface area (Å²) in [6.07, 6.45) is 1.71. The molecule has 0 atom stereocenters. The van der Waals surface area contributed by atoms with Gasteiger partial charge in [-0.15, -0.1) is 0 Å². The first-order valence-corrected chi connectivity index (χ1v) is 4.42. The summed E-state index contributed by atoms with van der Waals surface area (Å²) in [6.45, 7) is 5.95. The van der Waals surface area contributed by atoms with Crippen molar-refractivity contribution >= 4 is 6.21 Å². The van der Waals surface area contributed by atoms with Gasteiger partial charge in [-0.1, -0.05) is 6.07 Å². The number of aromatic hydroxyl groups is 1. The highest BCUT2D eigenvalue weighted by Crippen LogP contribution is 2.16. The van der Waals surface area contributed by atoms with Crippen molar-refractivity contribution in [2.24, 2.45) is 4.99 Å². The third-order valence-electron chi connectivity index (χ3n) is 1.70. The summed E-state index contributed by atoms with van der Waals surface area (Å²) in [7, 11) is 0. The molecular formula is C11H15NO. The summed E-state index contributed by atoms with van der Waals surface area (Å²) in [5, 5.41) is 9.51. The SMILES string of the molecule is Cc1ccc(C=NC(C)C)c(O)c1. The van der Waals surface area contributed by atoms with Crippen molar-refractivity contribution in [2.75, 3.05) is 0 Å². The number of rotatable bonds is 2. The maximum atomic E-state index is 9.51. The van der Waals surface area contributed by atoms with E-state index in [4.69, 9.17) is 0 Å². The molecule has 1 aromatic rings. The van der Waals surface area contributed by atoms with E-state index in [2.05, 4.69) is 4.99 Å². The quantitative estimate of drug-likeness (QED) is 0.692. The molecule has 0 aliphatic heterocycles. The van der Waals surface area contributed by atoms with E-state index >= 15 is 0 Å². The van der Waals surface area contributed by atoms with Crippen molar-refractivity contribution < 1.29 is 5.11 Å². The topological polar surface area (TPSA) is 32.6 Å². The van der Waals surface area contributed by atoms with E-state index in [1.807, 2.05) is 32.9 Å². The monoisotopic (exact) mass is 177 g/mol. The number of phenols is 1. The normalized spacial score (nSPS) is 11.4. The molecule has 0 aromatic heterocycles. The van der Waals surface area contributed by atoms with E-state index in [1.165, 1.54) is 0 Å². The Morgan fingerprint density at radius 1 is 1.38 bits per heavy atom. The van der Waals surface area contributed by atoms with Crippen LogP contribution in [0.2, 0.25) is 0 Å². The molecule has 0 saturated carbocycles.